The smallest absolute Gasteiger partial charge is 0.440 e. The highest BCUT2D eigenvalue weighted by molar-refractivity contribution is 7.98. The molecular formula is C40H42N2O9S. The van der Waals surface area contributed by atoms with Crippen LogP contribution in [0.25, 0.3) is 0 Å². The number of benzene rings is 4. The number of carbonyl (C=O) groups excluding carboxylic acids is 5. The first kappa shape index (κ1) is 39.2. The van der Waals surface area contributed by atoms with Crippen molar-refractivity contribution in [2.24, 2.45) is 0 Å². The monoisotopic (exact) mass is 726 g/mol. The Morgan fingerprint density at radius 3 is 1.96 bits per heavy atom. The van der Waals surface area contributed by atoms with E-state index in [9.17, 15) is 24.0 Å². The molecule has 0 aromatic heterocycles. The average molecular weight is 727 g/mol. The number of aryl methyl sites for hydroxylation is 2. The van der Waals surface area contributed by atoms with Gasteiger partial charge in [0.25, 0.3) is 11.8 Å². The Hall–Kier alpha value is -5.62. The van der Waals surface area contributed by atoms with Gasteiger partial charge in [-0.2, -0.15) is 0 Å². The zero-order valence-electron chi connectivity index (χ0n) is 30.4. The van der Waals surface area contributed by atoms with Crippen molar-refractivity contribution in [3.05, 3.63) is 130 Å². The van der Waals surface area contributed by atoms with Crippen LogP contribution >= 0.6 is 11.8 Å². The second-order valence-electron chi connectivity index (χ2n) is 12.9. The number of esters is 2. The molecule has 0 heterocycles. The first-order chi connectivity index (χ1) is 24.6. The van der Waals surface area contributed by atoms with E-state index in [1.165, 1.54) is 37.1 Å². The lowest BCUT2D eigenvalue weighted by Crippen LogP contribution is -2.61. The van der Waals surface area contributed by atoms with E-state index in [1.807, 2.05) is 26.2 Å². The number of hydrazine groups is 1. The summed E-state index contributed by atoms with van der Waals surface area (Å²) in [6.07, 6.45) is -1.88. The van der Waals surface area contributed by atoms with Crippen LogP contribution in [-0.2, 0) is 25.6 Å². The van der Waals surface area contributed by atoms with Crippen molar-refractivity contribution in [2.75, 3.05) is 13.4 Å². The molecule has 0 aliphatic rings. The number of hydrogen-bond acceptors (Lipinski definition) is 10. The van der Waals surface area contributed by atoms with Gasteiger partial charge in [-0.05, 0) is 102 Å². The van der Waals surface area contributed by atoms with Crippen LogP contribution in [0.3, 0.4) is 0 Å². The minimum atomic E-state index is -2.27. The first-order valence-corrected chi connectivity index (χ1v) is 17.5. The van der Waals surface area contributed by atoms with Gasteiger partial charge in [-0.15, -0.1) is 16.8 Å². The molecule has 4 aromatic carbocycles. The molecule has 0 aliphatic heterocycles. The van der Waals surface area contributed by atoms with E-state index in [-0.39, 0.29) is 23.3 Å². The van der Waals surface area contributed by atoms with E-state index in [2.05, 4.69) is 0 Å². The topological polar surface area (TPSA) is 129 Å². The molecule has 11 nitrogen and oxygen atoms in total. The molecule has 12 heteroatoms. The number of ether oxygens (including phenoxy) is 4. The summed E-state index contributed by atoms with van der Waals surface area (Å²) < 4.78 is 21.8. The molecule has 4 aromatic rings. The van der Waals surface area contributed by atoms with Crippen LogP contribution in [0.15, 0.2) is 95.9 Å². The highest BCUT2D eigenvalue weighted by atomic mass is 32.2. The second kappa shape index (κ2) is 17.1. The van der Waals surface area contributed by atoms with Crippen LogP contribution in [0.1, 0.15) is 74.1 Å². The largest absolute Gasteiger partial charge is 0.496 e. The Balaban J connectivity index is 1.80. The number of carbonyl (C=O) groups is 5. The summed E-state index contributed by atoms with van der Waals surface area (Å²) in [6.45, 7) is 9.90. The summed E-state index contributed by atoms with van der Waals surface area (Å²) in [4.78, 5) is 71.1. The van der Waals surface area contributed by atoms with Crippen molar-refractivity contribution in [3.63, 3.8) is 0 Å². The fraction of sp³-hybridized carbons (Fsp3) is 0.275. The standard InChI is InChI=1S/C40H42N2O9S/c1-25-21-26(2)23-30(22-25)34(43)42(40(4,5)6)41(35(44)32-15-12-16-33(48-7)27(32)3)39(47)51-38(37(46)49-24-28-13-10-9-11-14-28)50-36(45)29-17-19-31(52-8)20-18-29/h9-23,38H,24H2,1-8H3. The molecule has 52 heavy (non-hydrogen) atoms. The number of hydrogen-bond donors (Lipinski definition) is 0. The first-order valence-electron chi connectivity index (χ1n) is 16.3. The Morgan fingerprint density at radius 2 is 1.38 bits per heavy atom. The fourth-order valence-electron chi connectivity index (χ4n) is 5.30. The van der Waals surface area contributed by atoms with Crippen LogP contribution in [0, 0.1) is 20.8 Å². The van der Waals surface area contributed by atoms with Gasteiger partial charge in [-0.1, -0.05) is 53.6 Å². The summed E-state index contributed by atoms with van der Waals surface area (Å²) >= 11 is 1.46. The van der Waals surface area contributed by atoms with Gasteiger partial charge in [0, 0.05) is 21.6 Å². The molecule has 1 unspecified atom stereocenters. The van der Waals surface area contributed by atoms with Crippen LogP contribution in [0.2, 0.25) is 0 Å². The number of amides is 3. The van der Waals surface area contributed by atoms with Crippen molar-refractivity contribution in [2.45, 2.75) is 64.9 Å². The van der Waals surface area contributed by atoms with Crippen LogP contribution < -0.4 is 4.74 Å². The summed E-state index contributed by atoms with van der Waals surface area (Å²) in [7, 11) is 1.43. The molecule has 0 spiro atoms. The minimum Gasteiger partial charge on any atom is -0.496 e. The van der Waals surface area contributed by atoms with Crippen LogP contribution in [0.4, 0.5) is 4.79 Å². The number of rotatable bonds is 10. The van der Waals surface area contributed by atoms with E-state index in [4.69, 9.17) is 18.9 Å². The van der Waals surface area contributed by atoms with E-state index < -0.39 is 41.7 Å². The maximum atomic E-state index is 14.5. The fourth-order valence-corrected chi connectivity index (χ4v) is 5.71. The minimum absolute atomic E-state index is 0.00727. The molecule has 1 atom stereocenters. The van der Waals surface area contributed by atoms with Gasteiger partial charge in [0.05, 0.1) is 18.2 Å². The Morgan fingerprint density at radius 1 is 0.750 bits per heavy atom. The van der Waals surface area contributed by atoms with E-state index in [0.29, 0.717) is 21.9 Å². The van der Waals surface area contributed by atoms with E-state index in [1.54, 1.807) is 94.4 Å². The Labute approximate surface area is 307 Å². The van der Waals surface area contributed by atoms with Crippen molar-refractivity contribution >= 4 is 41.6 Å². The number of methoxy groups -OCH3 is 1. The highest BCUT2D eigenvalue weighted by Gasteiger charge is 2.44. The molecule has 0 aliphatic carbocycles. The van der Waals surface area contributed by atoms with Gasteiger partial charge < -0.3 is 18.9 Å². The van der Waals surface area contributed by atoms with Crippen LogP contribution in [0.5, 0.6) is 5.75 Å². The second-order valence-corrected chi connectivity index (χ2v) is 13.7. The molecule has 3 amide bonds. The molecule has 0 saturated carbocycles. The predicted molar refractivity (Wildman–Crippen MR) is 196 cm³/mol. The number of imide groups is 1. The molecule has 4 rings (SSSR count). The zero-order valence-corrected chi connectivity index (χ0v) is 31.2. The van der Waals surface area contributed by atoms with Crippen molar-refractivity contribution in [1.29, 1.82) is 0 Å². The average Bonchev–Trinajstić information content (AvgIpc) is 3.11. The van der Waals surface area contributed by atoms with Gasteiger partial charge in [-0.25, -0.2) is 19.4 Å². The molecule has 272 valence electrons. The summed E-state index contributed by atoms with van der Waals surface area (Å²) in [5.74, 6) is -3.55. The SMILES string of the molecule is COc1cccc(C(=O)N(C(=O)OC(OC(=O)c2ccc(SC)cc2)C(=O)OCc2ccccc2)N(C(=O)c2cc(C)cc(C)c2)C(C)(C)C)c1C. The van der Waals surface area contributed by atoms with Crippen molar-refractivity contribution < 1.29 is 42.9 Å². The summed E-state index contributed by atoms with van der Waals surface area (Å²) in [6, 6.07) is 24.9. The molecular weight excluding hydrogens is 685 g/mol. The van der Waals surface area contributed by atoms with Gasteiger partial charge in [0.15, 0.2) is 0 Å². The molecule has 0 bridgehead atoms. The predicted octanol–water partition coefficient (Wildman–Crippen LogP) is 7.70. The van der Waals surface area contributed by atoms with Gasteiger partial charge in [0.1, 0.15) is 12.4 Å². The molecule has 0 fully saturated rings. The van der Waals surface area contributed by atoms with E-state index in [0.717, 1.165) is 21.0 Å². The van der Waals surface area contributed by atoms with Crippen molar-refractivity contribution in [1.82, 2.24) is 10.0 Å². The maximum absolute atomic E-state index is 14.5. The maximum Gasteiger partial charge on any atom is 0.440 e. The van der Waals surface area contributed by atoms with Gasteiger partial charge >= 0.3 is 24.3 Å². The summed E-state index contributed by atoms with van der Waals surface area (Å²) in [5, 5.41) is 1.47. The van der Waals surface area contributed by atoms with E-state index >= 15 is 0 Å². The number of nitrogens with zero attached hydrogens (tertiary/aromatic N) is 2. The normalized spacial score (nSPS) is 11.5. The molecule has 0 saturated heterocycles. The van der Waals surface area contributed by atoms with Gasteiger partial charge in [-0.3, -0.25) is 9.59 Å². The van der Waals surface area contributed by atoms with Gasteiger partial charge in [0.2, 0.25) is 0 Å². The lowest BCUT2D eigenvalue weighted by Gasteiger charge is -2.41. The third kappa shape index (κ3) is 9.58. The Kier molecular flexibility index (Phi) is 12.9. The van der Waals surface area contributed by atoms with Crippen LogP contribution in [-0.4, -0.2) is 65.1 Å². The quantitative estimate of drug-likeness (QED) is 0.0694. The lowest BCUT2D eigenvalue weighted by atomic mass is 10.0. The van der Waals surface area contributed by atoms with Crippen molar-refractivity contribution in [3.8, 4) is 5.75 Å². The third-order valence-corrected chi connectivity index (χ3v) is 8.50. The highest BCUT2D eigenvalue weighted by Crippen LogP contribution is 2.28. The third-order valence-electron chi connectivity index (χ3n) is 7.76. The Bertz CT molecular complexity index is 1920. The molecule has 0 N–H and O–H groups in total. The zero-order chi connectivity index (χ0) is 38.2. The molecule has 0 radical (unpaired) electrons. The number of thioether (sulfide) groups is 1. The summed E-state index contributed by atoms with van der Waals surface area (Å²) in [5.41, 5.74) is 1.58. The lowest BCUT2D eigenvalue weighted by molar-refractivity contribution is -0.178.